The molecule has 1 fully saturated rings. The highest BCUT2D eigenvalue weighted by Gasteiger charge is 2.22. The summed E-state index contributed by atoms with van der Waals surface area (Å²) < 4.78 is 13.0. The minimum atomic E-state index is -0.331. The molecule has 1 aromatic carbocycles. The molecular formula is C12H15ClFN. The maximum Gasteiger partial charge on any atom is 0.141 e. The van der Waals surface area contributed by atoms with E-state index in [-0.39, 0.29) is 10.8 Å². The molecule has 0 aliphatic carbocycles. The molecule has 0 aromatic heterocycles. The Kier molecular flexibility index (Phi) is 3.27. The molecular weight excluding hydrogens is 213 g/mol. The van der Waals surface area contributed by atoms with Gasteiger partial charge >= 0.3 is 0 Å². The second kappa shape index (κ2) is 4.50. The second-order valence-corrected chi connectivity index (χ2v) is 4.66. The highest BCUT2D eigenvalue weighted by atomic mass is 35.5. The summed E-state index contributed by atoms with van der Waals surface area (Å²) in [6.07, 6.45) is 1.10. The monoisotopic (exact) mass is 227 g/mol. The van der Waals surface area contributed by atoms with Crippen molar-refractivity contribution in [3.63, 3.8) is 0 Å². The fourth-order valence-corrected chi connectivity index (χ4v) is 2.44. The molecule has 1 heterocycles. The Morgan fingerprint density at radius 2 is 2.27 bits per heavy atom. The molecule has 2 atom stereocenters. The molecule has 0 radical (unpaired) electrons. The Morgan fingerprint density at radius 1 is 1.47 bits per heavy atom. The summed E-state index contributed by atoms with van der Waals surface area (Å²) in [6, 6.07) is 5.09. The number of benzene rings is 1. The molecule has 3 heteroatoms. The Balaban J connectivity index is 2.24. The highest BCUT2D eigenvalue weighted by Crippen LogP contribution is 2.31. The molecule has 15 heavy (non-hydrogen) atoms. The first kappa shape index (κ1) is 10.9. The molecule has 0 unspecified atom stereocenters. The first-order valence-corrected chi connectivity index (χ1v) is 5.72. The van der Waals surface area contributed by atoms with Crippen molar-refractivity contribution < 1.29 is 4.39 Å². The lowest BCUT2D eigenvalue weighted by Gasteiger charge is -2.30. The fourth-order valence-electron chi connectivity index (χ4n) is 2.25. The third kappa shape index (κ3) is 2.32. The predicted molar refractivity (Wildman–Crippen MR) is 60.8 cm³/mol. The maximum absolute atomic E-state index is 13.0. The van der Waals surface area contributed by atoms with Gasteiger partial charge in [0.2, 0.25) is 0 Å². The van der Waals surface area contributed by atoms with E-state index >= 15 is 0 Å². The molecule has 2 rings (SSSR count). The summed E-state index contributed by atoms with van der Waals surface area (Å²) in [6.45, 7) is 4.28. The van der Waals surface area contributed by atoms with Crippen LogP contribution in [0.25, 0.3) is 0 Å². The first-order chi connectivity index (χ1) is 7.18. The van der Waals surface area contributed by atoms with Crippen LogP contribution in [-0.2, 0) is 0 Å². The van der Waals surface area contributed by atoms with E-state index in [2.05, 4.69) is 12.2 Å². The van der Waals surface area contributed by atoms with Gasteiger partial charge in [0, 0.05) is 0 Å². The number of hydrogen-bond donors (Lipinski definition) is 1. The van der Waals surface area contributed by atoms with E-state index in [0.29, 0.717) is 11.8 Å². The highest BCUT2D eigenvalue weighted by molar-refractivity contribution is 6.30. The number of halogens is 2. The molecule has 0 saturated carbocycles. The number of piperidine rings is 1. The minimum absolute atomic E-state index is 0.234. The van der Waals surface area contributed by atoms with E-state index in [9.17, 15) is 4.39 Å². The predicted octanol–water partition coefficient (Wildman–Crippen LogP) is 3.19. The Morgan fingerprint density at radius 3 is 2.93 bits per heavy atom. The van der Waals surface area contributed by atoms with Gasteiger partial charge in [-0.1, -0.05) is 24.6 Å². The van der Waals surface area contributed by atoms with E-state index < -0.39 is 0 Å². The summed E-state index contributed by atoms with van der Waals surface area (Å²) in [7, 11) is 0. The summed E-state index contributed by atoms with van der Waals surface area (Å²) >= 11 is 5.79. The topological polar surface area (TPSA) is 12.0 Å². The average molecular weight is 228 g/mol. The lowest BCUT2D eigenvalue weighted by atomic mass is 9.82. The molecule has 1 saturated heterocycles. The Labute approximate surface area is 94.6 Å². The molecule has 0 amide bonds. The molecule has 1 nitrogen and oxygen atoms in total. The molecule has 1 N–H and O–H groups in total. The van der Waals surface area contributed by atoms with E-state index in [4.69, 9.17) is 11.6 Å². The second-order valence-electron chi connectivity index (χ2n) is 4.25. The standard InChI is InChI=1S/C12H15ClFN/c1-8-7-15-5-4-10(8)9-2-3-12(14)11(13)6-9/h2-3,6,8,10,15H,4-5,7H2,1H3/t8-,10+/m0/s1. The minimum Gasteiger partial charge on any atom is -0.316 e. The van der Waals surface area contributed by atoms with Crippen molar-refractivity contribution in [3.8, 4) is 0 Å². The van der Waals surface area contributed by atoms with Gasteiger partial charge in [-0.2, -0.15) is 0 Å². The molecule has 0 spiro atoms. The molecule has 0 bridgehead atoms. The lowest BCUT2D eigenvalue weighted by molar-refractivity contribution is 0.349. The van der Waals surface area contributed by atoms with Gasteiger partial charge in [0.25, 0.3) is 0 Å². The van der Waals surface area contributed by atoms with Crippen LogP contribution in [0.3, 0.4) is 0 Å². The first-order valence-electron chi connectivity index (χ1n) is 5.34. The van der Waals surface area contributed by atoms with E-state index in [1.807, 2.05) is 6.07 Å². The van der Waals surface area contributed by atoms with Crippen molar-refractivity contribution >= 4 is 11.6 Å². The van der Waals surface area contributed by atoms with Crippen molar-refractivity contribution in [1.82, 2.24) is 5.32 Å². The summed E-state index contributed by atoms with van der Waals surface area (Å²) in [4.78, 5) is 0. The van der Waals surface area contributed by atoms with Crippen molar-refractivity contribution in [3.05, 3.63) is 34.6 Å². The van der Waals surface area contributed by atoms with Crippen LogP contribution in [0.4, 0.5) is 4.39 Å². The van der Waals surface area contributed by atoms with Crippen molar-refractivity contribution in [2.45, 2.75) is 19.3 Å². The zero-order valence-corrected chi connectivity index (χ0v) is 9.52. The number of hydrogen-bond acceptors (Lipinski definition) is 1. The largest absolute Gasteiger partial charge is 0.316 e. The van der Waals surface area contributed by atoms with E-state index in [0.717, 1.165) is 25.1 Å². The maximum atomic E-state index is 13.0. The zero-order valence-electron chi connectivity index (χ0n) is 8.76. The summed E-state index contributed by atoms with van der Waals surface area (Å²) in [5.74, 6) is 0.756. The van der Waals surface area contributed by atoms with Crippen LogP contribution in [0, 0.1) is 11.7 Å². The van der Waals surface area contributed by atoms with Gasteiger partial charge in [-0.3, -0.25) is 0 Å². The van der Waals surface area contributed by atoms with Gasteiger partial charge in [-0.15, -0.1) is 0 Å². The number of rotatable bonds is 1. The molecule has 1 aliphatic rings. The summed E-state index contributed by atoms with van der Waals surface area (Å²) in [5, 5.41) is 3.59. The van der Waals surface area contributed by atoms with E-state index in [1.165, 1.54) is 6.07 Å². The summed E-state index contributed by atoms with van der Waals surface area (Å²) in [5.41, 5.74) is 1.16. The van der Waals surface area contributed by atoms with Crippen LogP contribution in [0.1, 0.15) is 24.8 Å². The average Bonchev–Trinajstić information content (AvgIpc) is 2.23. The van der Waals surface area contributed by atoms with Crippen LogP contribution < -0.4 is 5.32 Å². The van der Waals surface area contributed by atoms with Crippen molar-refractivity contribution in [2.24, 2.45) is 5.92 Å². The van der Waals surface area contributed by atoms with Gasteiger partial charge in [-0.25, -0.2) is 4.39 Å². The quantitative estimate of drug-likeness (QED) is 0.777. The van der Waals surface area contributed by atoms with Gasteiger partial charge in [0.1, 0.15) is 5.82 Å². The third-order valence-electron chi connectivity index (χ3n) is 3.16. The van der Waals surface area contributed by atoms with Crippen LogP contribution >= 0.6 is 11.6 Å². The Hall–Kier alpha value is -0.600. The van der Waals surface area contributed by atoms with Crippen LogP contribution in [-0.4, -0.2) is 13.1 Å². The van der Waals surface area contributed by atoms with Crippen LogP contribution in [0.15, 0.2) is 18.2 Å². The van der Waals surface area contributed by atoms with Gasteiger partial charge in [0.05, 0.1) is 5.02 Å². The zero-order chi connectivity index (χ0) is 10.8. The van der Waals surface area contributed by atoms with Crippen LogP contribution in [0.2, 0.25) is 5.02 Å². The van der Waals surface area contributed by atoms with Crippen LogP contribution in [0.5, 0.6) is 0 Å². The fraction of sp³-hybridized carbons (Fsp3) is 0.500. The van der Waals surface area contributed by atoms with Gasteiger partial charge in [-0.05, 0) is 49.0 Å². The molecule has 82 valence electrons. The van der Waals surface area contributed by atoms with Crippen molar-refractivity contribution in [2.75, 3.05) is 13.1 Å². The molecule has 1 aromatic rings. The van der Waals surface area contributed by atoms with Gasteiger partial charge < -0.3 is 5.32 Å². The van der Waals surface area contributed by atoms with Crippen molar-refractivity contribution in [1.29, 1.82) is 0 Å². The number of nitrogens with one attached hydrogen (secondary N) is 1. The Bertz CT molecular complexity index is 353. The van der Waals surface area contributed by atoms with E-state index in [1.54, 1.807) is 6.07 Å². The lowest BCUT2D eigenvalue weighted by Crippen LogP contribution is -2.33. The normalized spacial score (nSPS) is 26.6. The van der Waals surface area contributed by atoms with Gasteiger partial charge in [0.15, 0.2) is 0 Å². The molecule has 1 aliphatic heterocycles. The SMILES string of the molecule is C[C@H]1CNCC[C@H]1c1ccc(F)c(Cl)c1. The third-order valence-corrected chi connectivity index (χ3v) is 3.45. The smallest absolute Gasteiger partial charge is 0.141 e.